The van der Waals surface area contributed by atoms with E-state index in [1.165, 1.54) is 0 Å². The Hall–Kier alpha value is -0.860. The minimum absolute atomic E-state index is 0.257. The van der Waals surface area contributed by atoms with E-state index in [9.17, 15) is 4.79 Å². The van der Waals surface area contributed by atoms with Gasteiger partial charge in [-0.1, -0.05) is 0 Å². The van der Waals surface area contributed by atoms with Crippen LogP contribution in [0.15, 0.2) is 6.33 Å². The van der Waals surface area contributed by atoms with Crippen molar-refractivity contribution in [1.82, 2.24) is 25.1 Å². The third-order valence-electron chi connectivity index (χ3n) is 2.10. The highest BCUT2D eigenvalue weighted by Crippen LogP contribution is 2.11. The van der Waals surface area contributed by atoms with Crippen LogP contribution >= 0.6 is 24.6 Å². The van der Waals surface area contributed by atoms with Crippen LogP contribution in [-0.2, 0) is 5.75 Å². The number of aromatic nitrogens is 2. The Kier molecular flexibility index (Phi) is 6.23. The molecule has 0 fully saturated rings. The molecule has 1 aromatic heterocycles. The highest BCUT2D eigenvalue weighted by molar-refractivity contribution is 7.98. The van der Waals surface area contributed by atoms with Crippen molar-refractivity contribution in [2.24, 2.45) is 0 Å². The maximum atomic E-state index is 11.3. The zero-order chi connectivity index (χ0) is 12.7. The lowest BCUT2D eigenvalue weighted by Crippen LogP contribution is -2.41. The topological polar surface area (TPSA) is 73.1 Å². The first-order valence-corrected chi connectivity index (χ1v) is 6.71. The van der Waals surface area contributed by atoms with E-state index < -0.39 is 0 Å². The van der Waals surface area contributed by atoms with Gasteiger partial charge in [-0.05, 0) is 19.7 Å². The molecule has 1 heterocycles. The van der Waals surface area contributed by atoms with E-state index >= 15 is 0 Å². The number of amides is 2. The molecule has 0 radical (unpaired) electrons. The van der Waals surface area contributed by atoms with Crippen LogP contribution in [0, 0.1) is 6.92 Å². The molecule has 2 amide bonds. The predicted octanol–water partition coefficient (Wildman–Crippen LogP) is 0.942. The molecule has 0 unspecified atom stereocenters. The summed E-state index contributed by atoms with van der Waals surface area (Å²) < 4.78 is 1.10. The van der Waals surface area contributed by atoms with Crippen molar-refractivity contribution < 1.29 is 4.79 Å². The first-order valence-electron chi connectivity index (χ1n) is 5.16. The number of thioether (sulfide) groups is 1. The van der Waals surface area contributed by atoms with Crippen LogP contribution in [0.5, 0.6) is 0 Å². The highest BCUT2D eigenvalue weighted by Gasteiger charge is 2.05. The number of hydrazine groups is 1. The summed E-state index contributed by atoms with van der Waals surface area (Å²) in [6, 6.07) is -0.257. The Morgan fingerprint density at radius 2 is 2.47 bits per heavy atom. The maximum absolute atomic E-state index is 11.3. The molecule has 6 nitrogen and oxygen atoms in total. The molecule has 0 aliphatic heterocycles. The second kappa shape index (κ2) is 7.46. The second-order valence-electron chi connectivity index (χ2n) is 3.29. The van der Waals surface area contributed by atoms with Gasteiger partial charge in [0.25, 0.3) is 0 Å². The number of H-pyrrole nitrogens is 1. The molecule has 0 atom stereocenters. The van der Waals surface area contributed by atoms with Crippen molar-refractivity contribution in [2.75, 3.05) is 19.3 Å². The normalized spacial score (nSPS) is 10.3. The molecule has 0 spiro atoms. The largest absolute Gasteiger partial charge is 0.348 e. The Labute approximate surface area is 110 Å². The van der Waals surface area contributed by atoms with Crippen molar-refractivity contribution in [3.8, 4) is 0 Å². The van der Waals surface area contributed by atoms with Gasteiger partial charge in [-0.25, -0.2) is 19.6 Å². The number of carbonyl (C=O) groups is 1. The smallest absolute Gasteiger partial charge is 0.342 e. The van der Waals surface area contributed by atoms with Gasteiger partial charge >= 0.3 is 6.03 Å². The third kappa shape index (κ3) is 4.88. The molecular formula is C9H17N5OS2. The fourth-order valence-electron chi connectivity index (χ4n) is 1.11. The van der Waals surface area contributed by atoms with Crippen LogP contribution in [-0.4, -0.2) is 39.8 Å². The summed E-state index contributed by atoms with van der Waals surface area (Å²) in [5, 5.41) is 2.73. The molecule has 0 aliphatic carbocycles. The summed E-state index contributed by atoms with van der Waals surface area (Å²) in [7, 11) is 1.63. The lowest BCUT2D eigenvalue weighted by atomic mass is 10.4. The van der Waals surface area contributed by atoms with Gasteiger partial charge in [-0.15, -0.1) is 0 Å². The standard InChI is InChI=1S/C9H17N5OS2/c1-7-8(13-6-12-7)5-17-4-3-11-9(15)14(16)10-2/h6,10,16H,3-5H2,1-2H3,(H,11,15)(H,12,13). The van der Waals surface area contributed by atoms with Gasteiger partial charge in [0.1, 0.15) is 0 Å². The molecule has 0 saturated heterocycles. The number of thiol groups is 1. The fourth-order valence-corrected chi connectivity index (χ4v) is 2.05. The third-order valence-corrected chi connectivity index (χ3v) is 3.45. The van der Waals surface area contributed by atoms with Crippen LogP contribution in [0.4, 0.5) is 4.79 Å². The molecule has 96 valence electrons. The van der Waals surface area contributed by atoms with Gasteiger partial charge in [0.2, 0.25) is 0 Å². The summed E-state index contributed by atoms with van der Waals surface area (Å²) in [6.45, 7) is 2.60. The Bertz CT molecular complexity index is 357. The number of aryl methyl sites for hydroxylation is 1. The van der Waals surface area contributed by atoms with Crippen LogP contribution < -0.4 is 10.7 Å². The molecule has 0 saturated carbocycles. The molecular weight excluding hydrogens is 258 g/mol. The van der Waals surface area contributed by atoms with Gasteiger partial charge in [0.15, 0.2) is 0 Å². The number of imidazole rings is 1. The van der Waals surface area contributed by atoms with E-state index in [1.54, 1.807) is 25.1 Å². The molecule has 0 aromatic carbocycles. The summed E-state index contributed by atoms with van der Waals surface area (Å²) in [4.78, 5) is 18.5. The second-order valence-corrected chi connectivity index (χ2v) is 4.80. The van der Waals surface area contributed by atoms with Crippen LogP contribution in [0.25, 0.3) is 0 Å². The first-order chi connectivity index (χ1) is 8.15. The quantitative estimate of drug-likeness (QED) is 0.354. The van der Waals surface area contributed by atoms with E-state index in [0.29, 0.717) is 6.54 Å². The Balaban J connectivity index is 2.09. The molecule has 0 bridgehead atoms. The average molecular weight is 275 g/mol. The number of rotatable bonds is 6. The summed E-state index contributed by atoms with van der Waals surface area (Å²) in [5.41, 5.74) is 4.76. The zero-order valence-electron chi connectivity index (χ0n) is 9.86. The lowest BCUT2D eigenvalue weighted by Gasteiger charge is -2.14. The van der Waals surface area contributed by atoms with Gasteiger partial charge in [0.05, 0.1) is 12.0 Å². The van der Waals surface area contributed by atoms with E-state index in [4.69, 9.17) is 0 Å². The lowest BCUT2D eigenvalue weighted by molar-refractivity contribution is 0.219. The number of urea groups is 1. The van der Waals surface area contributed by atoms with Crippen LogP contribution in [0.3, 0.4) is 0 Å². The van der Waals surface area contributed by atoms with E-state index in [-0.39, 0.29) is 6.03 Å². The Morgan fingerprint density at radius 3 is 3.06 bits per heavy atom. The van der Waals surface area contributed by atoms with E-state index in [2.05, 4.69) is 33.5 Å². The van der Waals surface area contributed by atoms with Crippen LogP contribution in [0.1, 0.15) is 11.4 Å². The van der Waals surface area contributed by atoms with Crippen molar-refractivity contribution in [2.45, 2.75) is 12.7 Å². The molecule has 17 heavy (non-hydrogen) atoms. The monoisotopic (exact) mass is 275 g/mol. The summed E-state index contributed by atoms with van der Waals surface area (Å²) in [6.07, 6.45) is 1.69. The fraction of sp³-hybridized carbons (Fsp3) is 0.556. The molecule has 0 aliphatic rings. The van der Waals surface area contributed by atoms with Gasteiger partial charge in [-0.2, -0.15) is 11.8 Å². The van der Waals surface area contributed by atoms with Crippen molar-refractivity contribution in [1.29, 1.82) is 0 Å². The number of hydrogen-bond donors (Lipinski definition) is 4. The number of nitrogens with one attached hydrogen (secondary N) is 3. The van der Waals surface area contributed by atoms with Crippen LogP contribution in [0.2, 0.25) is 0 Å². The van der Waals surface area contributed by atoms with Crippen molar-refractivity contribution in [3.05, 3.63) is 17.7 Å². The Morgan fingerprint density at radius 1 is 1.71 bits per heavy atom. The molecule has 3 N–H and O–H groups in total. The minimum atomic E-state index is -0.257. The molecule has 1 aromatic rings. The molecule has 1 rings (SSSR count). The summed E-state index contributed by atoms with van der Waals surface area (Å²) >= 11 is 5.63. The van der Waals surface area contributed by atoms with E-state index in [1.807, 2.05) is 6.92 Å². The van der Waals surface area contributed by atoms with E-state index in [0.717, 1.165) is 27.3 Å². The number of nitrogens with zero attached hydrogens (tertiary/aromatic N) is 2. The van der Waals surface area contributed by atoms with Gasteiger partial charge in [0, 0.05) is 30.8 Å². The maximum Gasteiger partial charge on any atom is 0.342 e. The molecule has 8 heteroatoms. The van der Waals surface area contributed by atoms with Crippen molar-refractivity contribution in [3.63, 3.8) is 0 Å². The predicted molar refractivity (Wildman–Crippen MR) is 72.8 cm³/mol. The number of carbonyl (C=O) groups excluding carboxylic acids is 1. The first kappa shape index (κ1) is 14.2. The van der Waals surface area contributed by atoms with Gasteiger partial charge in [-0.3, -0.25) is 0 Å². The average Bonchev–Trinajstić information content (AvgIpc) is 2.73. The SMILES string of the molecule is CNN(S)C(=O)NCCSCc1nc[nH]c1C. The number of aromatic amines is 1. The highest BCUT2D eigenvalue weighted by atomic mass is 32.2. The summed E-state index contributed by atoms with van der Waals surface area (Å²) in [5.74, 6) is 1.69. The number of hydrogen-bond acceptors (Lipinski definition) is 5. The minimum Gasteiger partial charge on any atom is -0.348 e. The van der Waals surface area contributed by atoms with Crippen molar-refractivity contribution >= 4 is 30.6 Å². The van der Waals surface area contributed by atoms with Gasteiger partial charge < -0.3 is 10.3 Å². The zero-order valence-corrected chi connectivity index (χ0v) is 11.6.